The van der Waals surface area contributed by atoms with E-state index in [9.17, 15) is 4.79 Å². The molecule has 2 heterocycles. The van der Waals surface area contributed by atoms with Crippen LogP contribution in [-0.4, -0.2) is 10.9 Å². The van der Waals surface area contributed by atoms with Crippen LogP contribution in [0.4, 0.5) is 0 Å². The van der Waals surface area contributed by atoms with Gasteiger partial charge in [0.1, 0.15) is 11.6 Å². The van der Waals surface area contributed by atoms with Crippen LogP contribution in [0.5, 0.6) is 0 Å². The van der Waals surface area contributed by atoms with E-state index in [1.54, 1.807) is 30.6 Å². The number of carbonyl (C=O) groups excluding carboxylic acids is 1. The molecule has 0 aliphatic heterocycles. The zero-order valence-electron chi connectivity index (χ0n) is 10.3. The van der Waals surface area contributed by atoms with Gasteiger partial charge in [-0.3, -0.25) is 9.78 Å². The maximum atomic E-state index is 11.9. The number of nitriles is 1. The summed E-state index contributed by atoms with van der Waals surface area (Å²) in [5, 5.41) is 11.7. The van der Waals surface area contributed by atoms with Gasteiger partial charge in [0.05, 0.1) is 4.34 Å². The van der Waals surface area contributed by atoms with Gasteiger partial charge in [-0.25, -0.2) is 0 Å². The summed E-state index contributed by atoms with van der Waals surface area (Å²) < 4.78 is 0.615. The second-order valence-corrected chi connectivity index (χ2v) is 5.60. The first-order valence-electron chi connectivity index (χ1n) is 5.73. The standard InChI is InChI=1S/C14H10ClN3OS/c15-13-4-3-12(20-13)6-11(7-16)14(19)18-9-10-2-1-5-17-8-10/h1-6,8H,9H2,(H,18,19)/b11-6+. The summed E-state index contributed by atoms with van der Waals surface area (Å²) in [6.07, 6.45) is 4.84. The third-order valence-corrected chi connectivity index (χ3v) is 3.60. The summed E-state index contributed by atoms with van der Waals surface area (Å²) in [5.74, 6) is -0.416. The maximum absolute atomic E-state index is 11.9. The molecule has 1 amide bonds. The van der Waals surface area contributed by atoms with Crippen molar-refractivity contribution in [1.29, 1.82) is 5.26 Å². The number of hydrogen-bond acceptors (Lipinski definition) is 4. The van der Waals surface area contributed by atoms with Gasteiger partial charge in [0.15, 0.2) is 0 Å². The van der Waals surface area contributed by atoms with Gasteiger partial charge in [0, 0.05) is 23.8 Å². The number of hydrogen-bond donors (Lipinski definition) is 1. The minimum atomic E-state index is -0.416. The minimum Gasteiger partial charge on any atom is -0.347 e. The molecule has 0 saturated carbocycles. The number of pyridine rings is 1. The fourth-order valence-corrected chi connectivity index (χ4v) is 2.48. The maximum Gasteiger partial charge on any atom is 0.262 e. The van der Waals surface area contributed by atoms with Crippen LogP contribution in [0.25, 0.3) is 6.08 Å². The summed E-state index contributed by atoms with van der Waals surface area (Å²) in [6, 6.07) is 9.02. The molecular weight excluding hydrogens is 294 g/mol. The van der Waals surface area contributed by atoms with Crippen molar-refractivity contribution in [2.75, 3.05) is 0 Å². The Kier molecular flexibility index (Phi) is 4.88. The van der Waals surface area contributed by atoms with Gasteiger partial charge in [-0.15, -0.1) is 11.3 Å². The number of nitrogens with one attached hydrogen (secondary N) is 1. The fraction of sp³-hybridized carbons (Fsp3) is 0.0714. The molecule has 0 unspecified atom stereocenters. The highest BCUT2D eigenvalue weighted by atomic mass is 35.5. The van der Waals surface area contributed by atoms with Gasteiger partial charge in [-0.05, 0) is 29.8 Å². The predicted molar refractivity (Wildman–Crippen MR) is 79.0 cm³/mol. The molecule has 0 fully saturated rings. The first-order valence-corrected chi connectivity index (χ1v) is 6.92. The van der Waals surface area contributed by atoms with Crippen LogP contribution in [0, 0.1) is 11.3 Å². The monoisotopic (exact) mass is 303 g/mol. The van der Waals surface area contributed by atoms with E-state index in [1.165, 1.54) is 17.4 Å². The van der Waals surface area contributed by atoms with Gasteiger partial charge < -0.3 is 5.32 Å². The lowest BCUT2D eigenvalue weighted by molar-refractivity contribution is -0.117. The molecule has 0 atom stereocenters. The number of thiophene rings is 1. The first kappa shape index (κ1) is 14.3. The third kappa shape index (κ3) is 3.92. The SMILES string of the molecule is N#C/C(=C\c1ccc(Cl)s1)C(=O)NCc1cccnc1. The summed E-state index contributed by atoms with van der Waals surface area (Å²) in [6.45, 7) is 0.330. The van der Waals surface area contributed by atoms with Gasteiger partial charge in [-0.2, -0.15) is 5.26 Å². The van der Waals surface area contributed by atoms with Gasteiger partial charge in [0.25, 0.3) is 5.91 Å². The highest BCUT2D eigenvalue weighted by Crippen LogP contribution is 2.23. The van der Waals surface area contributed by atoms with Crippen LogP contribution in [-0.2, 0) is 11.3 Å². The van der Waals surface area contributed by atoms with E-state index in [4.69, 9.17) is 16.9 Å². The molecule has 0 saturated heterocycles. The van der Waals surface area contributed by atoms with Crippen molar-refractivity contribution in [1.82, 2.24) is 10.3 Å². The van der Waals surface area contributed by atoms with Gasteiger partial charge >= 0.3 is 0 Å². The van der Waals surface area contributed by atoms with Crippen molar-refractivity contribution < 1.29 is 4.79 Å². The van der Waals surface area contributed by atoms with E-state index in [0.717, 1.165) is 10.4 Å². The van der Waals surface area contributed by atoms with Crippen molar-refractivity contribution in [2.24, 2.45) is 0 Å². The Hall–Kier alpha value is -2.16. The predicted octanol–water partition coefficient (Wildman–Crippen LogP) is 3.02. The normalized spacial score (nSPS) is 10.9. The van der Waals surface area contributed by atoms with E-state index in [1.807, 2.05) is 12.1 Å². The average molecular weight is 304 g/mol. The van der Waals surface area contributed by atoms with Crippen molar-refractivity contribution >= 4 is 34.9 Å². The lowest BCUT2D eigenvalue weighted by atomic mass is 10.2. The Morgan fingerprint density at radius 1 is 1.50 bits per heavy atom. The Morgan fingerprint density at radius 2 is 2.35 bits per heavy atom. The highest BCUT2D eigenvalue weighted by molar-refractivity contribution is 7.17. The number of nitrogens with zero attached hydrogens (tertiary/aromatic N) is 2. The van der Waals surface area contributed by atoms with Crippen LogP contribution >= 0.6 is 22.9 Å². The molecule has 2 aromatic rings. The van der Waals surface area contributed by atoms with Crippen LogP contribution in [0.15, 0.2) is 42.2 Å². The molecule has 2 aromatic heterocycles. The van der Waals surface area contributed by atoms with E-state index in [2.05, 4.69) is 10.3 Å². The molecule has 20 heavy (non-hydrogen) atoms. The smallest absolute Gasteiger partial charge is 0.262 e. The number of aromatic nitrogens is 1. The fourth-order valence-electron chi connectivity index (χ4n) is 1.48. The number of carbonyl (C=O) groups is 1. The van der Waals surface area contributed by atoms with Crippen molar-refractivity contribution in [3.8, 4) is 6.07 Å². The Bertz CT molecular complexity index is 673. The molecule has 6 heteroatoms. The minimum absolute atomic E-state index is 0.0485. The zero-order valence-corrected chi connectivity index (χ0v) is 11.9. The molecule has 0 bridgehead atoms. The third-order valence-electron chi connectivity index (χ3n) is 2.42. The molecule has 0 aliphatic rings. The van der Waals surface area contributed by atoms with Crippen LogP contribution in [0.3, 0.4) is 0 Å². The largest absolute Gasteiger partial charge is 0.347 e. The van der Waals surface area contributed by atoms with Crippen LogP contribution in [0.1, 0.15) is 10.4 Å². The topological polar surface area (TPSA) is 65.8 Å². The summed E-state index contributed by atoms with van der Waals surface area (Å²) >= 11 is 7.12. The summed E-state index contributed by atoms with van der Waals surface area (Å²) in [5.41, 5.74) is 0.921. The molecule has 0 spiro atoms. The molecule has 0 radical (unpaired) electrons. The molecule has 2 rings (SSSR count). The van der Waals surface area contributed by atoms with Crippen molar-refractivity contribution in [3.05, 3.63) is 57.0 Å². The summed E-state index contributed by atoms with van der Waals surface area (Å²) in [7, 11) is 0. The lowest BCUT2D eigenvalue weighted by Crippen LogP contribution is -2.23. The Balaban J connectivity index is 2.03. The van der Waals surface area contributed by atoms with E-state index < -0.39 is 5.91 Å². The average Bonchev–Trinajstić information content (AvgIpc) is 2.88. The summed E-state index contributed by atoms with van der Waals surface area (Å²) in [4.78, 5) is 16.6. The van der Waals surface area contributed by atoms with Crippen LogP contribution < -0.4 is 5.32 Å². The number of halogens is 1. The second kappa shape index (κ2) is 6.85. The van der Waals surface area contributed by atoms with Gasteiger partial charge in [0.2, 0.25) is 0 Å². The first-order chi connectivity index (χ1) is 9.69. The molecular formula is C14H10ClN3OS. The van der Waals surface area contributed by atoms with E-state index >= 15 is 0 Å². The highest BCUT2D eigenvalue weighted by Gasteiger charge is 2.09. The van der Waals surface area contributed by atoms with Crippen LogP contribution in [0.2, 0.25) is 4.34 Å². The number of amides is 1. The lowest BCUT2D eigenvalue weighted by Gasteiger charge is -2.03. The quantitative estimate of drug-likeness (QED) is 0.697. The second-order valence-electron chi connectivity index (χ2n) is 3.86. The zero-order chi connectivity index (χ0) is 14.4. The molecule has 0 aromatic carbocycles. The van der Waals surface area contributed by atoms with Crippen molar-refractivity contribution in [2.45, 2.75) is 6.54 Å². The molecule has 4 nitrogen and oxygen atoms in total. The molecule has 100 valence electrons. The van der Waals surface area contributed by atoms with Gasteiger partial charge in [-0.1, -0.05) is 17.7 Å². The van der Waals surface area contributed by atoms with E-state index in [0.29, 0.717) is 10.9 Å². The van der Waals surface area contributed by atoms with Crippen molar-refractivity contribution in [3.63, 3.8) is 0 Å². The molecule has 0 aliphatic carbocycles. The molecule has 1 N–H and O–H groups in total. The Labute approximate surface area is 125 Å². The van der Waals surface area contributed by atoms with E-state index in [-0.39, 0.29) is 5.57 Å². The number of rotatable bonds is 4. The Morgan fingerprint density at radius 3 is 2.95 bits per heavy atom.